The molecule has 0 saturated heterocycles. The molecule has 1 aromatic heterocycles. The van der Waals surface area contributed by atoms with Crippen LogP contribution in [0.25, 0.3) is 98.8 Å². The standard InChI is InChI=1S/C48H30O/c1-3-14-31(15-4-1)33-26-27-44-43(29-33)48-41(24-13-25-45(48)49-44)47-39-22-11-9-20-37(39)46(38-21-10-12-23-40(38)47)35-28-34-18-7-8-19-36(34)42(30-35)32-16-5-2-6-17-32/h1-30H/i2D,5D,6D,13D,16D,17D,24D,25D,26D,27D,29D. The summed E-state index contributed by atoms with van der Waals surface area (Å²) in [7, 11) is 0. The fourth-order valence-corrected chi connectivity index (χ4v) is 7.15. The predicted octanol–water partition coefficient (Wildman–Crippen LogP) is 13.7. The van der Waals surface area contributed by atoms with Crippen LogP contribution in [0, 0.1) is 0 Å². The average molecular weight is 634 g/mol. The molecule has 0 amide bonds. The lowest BCUT2D eigenvalue weighted by Crippen LogP contribution is -1.92. The van der Waals surface area contributed by atoms with Gasteiger partial charge in [-0.15, -0.1) is 0 Å². The molecule has 1 heteroatoms. The second-order valence-electron chi connectivity index (χ2n) is 12.0. The smallest absolute Gasteiger partial charge is 0.136 e. The number of rotatable bonds is 4. The van der Waals surface area contributed by atoms with E-state index in [2.05, 4.69) is 0 Å². The first-order chi connectivity index (χ1) is 28.9. The van der Waals surface area contributed by atoms with Gasteiger partial charge in [-0.3, -0.25) is 0 Å². The van der Waals surface area contributed by atoms with Gasteiger partial charge in [-0.1, -0.05) is 151 Å². The molecule has 0 N–H and O–H groups in total. The van der Waals surface area contributed by atoms with Gasteiger partial charge >= 0.3 is 0 Å². The molecule has 0 bridgehead atoms. The molecule has 0 aliphatic carbocycles. The Kier molecular flexibility index (Phi) is 4.25. The third kappa shape index (κ3) is 4.40. The highest BCUT2D eigenvalue weighted by Gasteiger charge is 2.21. The van der Waals surface area contributed by atoms with Crippen LogP contribution in [-0.2, 0) is 0 Å². The zero-order valence-corrected chi connectivity index (χ0v) is 25.9. The van der Waals surface area contributed by atoms with Gasteiger partial charge in [0.05, 0.1) is 15.1 Å². The second-order valence-corrected chi connectivity index (χ2v) is 12.0. The zero-order chi connectivity index (χ0) is 41.9. The number of benzene rings is 9. The van der Waals surface area contributed by atoms with Gasteiger partial charge in [0.25, 0.3) is 0 Å². The summed E-state index contributed by atoms with van der Waals surface area (Å²) >= 11 is 0. The Labute approximate surface area is 299 Å². The number of furan rings is 1. The Balaban J connectivity index is 1.37. The van der Waals surface area contributed by atoms with Crippen molar-refractivity contribution in [2.45, 2.75) is 0 Å². The highest BCUT2D eigenvalue weighted by Crippen LogP contribution is 2.48. The summed E-state index contributed by atoms with van der Waals surface area (Å²) in [6.07, 6.45) is 0. The topological polar surface area (TPSA) is 13.1 Å². The molecule has 0 radical (unpaired) electrons. The van der Waals surface area contributed by atoms with Crippen molar-refractivity contribution >= 4 is 54.3 Å². The fourth-order valence-electron chi connectivity index (χ4n) is 7.15. The minimum absolute atomic E-state index is 0.0531. The van der Waals surface area contributed by atoms with Gasteiger partial charge in [0, 0.05) is 10.8 Å². The maximum Gasteiger partial charge on any atom is 0.136 e. The fraction of sp³-hybridized carbons (Fsp3) is 0. The lowest BCUT2D eigenvalue weighted by molar-refractivity contribution is 0.669. The van der Waals surface area contributed by atoms with Crippen LogP contribution in [0.3, 0.4) is 0 Å². The van der Waals surface area contributed by atoms with Gasteiger partial charge in [-0.2, -0.15) is 0 Å². The SMILES string of the molecule is [2H]c1c([2H])c([2H])c(-c2cc(-c3c4ccccc4c(-c4c([2H])c([2H])c([2H])c5oc6c([2H])c([2H])c(-c7ccccc7)c([2H])c6c45)c4ccccc34)cc3ccccc23)c([2H])c1[2H]. The van der Waals surface area contributed by atoms with Crippen molar-refractivity contribution in [2.24, 2.45) is 0 Å². The Morgan fingerprint density at radius 3 is 1.78 bits per heavy atom. The van der Waals surface area contributed by atoms with Gasteiger partial charge in [-0.25, -0.2) is 0 Å². The number of hydrogen-bond acceptors (Lipinski definition) is 1. The molecule has 0 saturated carbocycles. The summed E-state index contributed by atoms with van der Waals surface area (Å²) < 4.78 is 104. The monoisotopic (exact) mass is 633 g/mol. The normalized spacial score (nSPS) is 14.8. The molecule has 10 rings (SSSR count). The van der Waals surface area contributed by atoms with Gasteiger partial charge in [-0.05, 0) is 107 Å². The van der Waals surface area contributed by atoms with E-state index < -0.39 is 18.1 Å². The van der Waals surface area contributed by atoms with Crippen LogP contribution >= 0.6 is 0 Å². The van der Waals surface area contributed by atoms with E-state index >= 15 is 0 Å². The van der Waals surface area contributed by atoms with Crippen molar-refractivity contribution < 1.29 is 19.5 Å². The first kappa shape index (κ1) is 18.8. The largest absolute Gasteiger partial charge is 0.456 e. The van der Waals surface area contributed by atoms with Crippen molar-refractivity contribution in [3.05, 3.63) is 182 Å². The van der Waals surface area contributed by atoms with E-state index in [1.807, 2.05) is 91.0 Å². The van der Waals surface area contributed by atoms with Gasteiger partial charge in [0.15, 0.2) is 0 Å². The molecule has 0 aliphatic rings. The molecule has 1 nitrogen and oxygen atoms in total. The quantitative estimate of drug-likeness (QED) is 0.176. The highest BCUT2D eigenvalue weighted by molar-refractivity contribution is 6.26. The third-order valence-electron chi connectivity index (χ3n) is 9.24. The molecule has 0 spiro atoms. The Bertz CT molecular complexity index is 3420. The summed E-state index contributed by atoms with van der Waals surface area (Å²) in [5, 5.41) is 4.78. The first-order valence-corrected chi connectivity index (χ1v) is 16.0. The molecule has 1 heterocycles. The molecule has 10 aromatic rings. The molecule has 9 aromatic carbocycles. The van der Waals surface area contributed by atoms with Crippen LogP contribution in [0.1, 0.15) is 15.1 Å². The van der Waals surface area contributed by atoms with Crippen molar-refractivity contribution in [2.75, 3.05) is 0 Å². The zero-order valence-electron chi connectivity index (χ0n) is 36.9. The second kappa shape index (κ2) is 11.1. The van der Waals surface area contributed by atoms with Gasteiger partial charge in [0.1, 0.15) is 11.2 Å². The van der Waals surface area contributed by atoms with Crippen LogP contribution in [0.4, 0.5) is 0 Å². The van der Waals surface area contributed by atoms with Crippen molar-refractivity contribution in [1.29, 1.82) is 0 Å². The van der Waals surface area contributed by atoms with E-state index in [1.165, 1.54) is 0 Å². The number of fused-ring (bicyclic) bond motifs is 6. The van der Waals surface area contributed by atoms with Gasteiger partial charge < -0.3 is 4.42 Å². The molecule has 49 heavy (non-hydrogen) atoms. The molecular formula is C48H30O. The minimum atomic E-state index is -0.475. The van der Waals surface area contributed by atoms with E-state index in [4.69, 9.17) is 16.8 Å². The maximum atomic E-state index is 9.57. The third-order valence-corrected chi connectivity index (χ3v) is 9.24. The van der Waals surface area contributed by atoms with Crippen LogP contribution in [0.15, 0.2) is 186 Å². The van der Waals surface area contributed by atoms with Crippen molar-refractivity contribution in [3.8, 4) is 44.5 Å². The van der Waals surface area contributed by atoms with E-state index in [0.717, 1.165) is 21.7 Å². The lowest BCUT2D eigenvalue weighted by atomic mass is 9.83. The van der Waals surface area contributed by atoms with E-state index in [0.29, 0.717) is 38.4 Å². The minimum Gasteiger partial charge on any atom is -0.456 e. The van der Waals surface area contributed by atoms with Crippen LogP contribution in [0.5, 0.6) is 0 Å². The molecule has 0 atom stereocenters. The molecule has 228 valence electrons. The Morgan fingerprint density at radius 2 is 1.04 bits per heavy atom. The van der Waals surface area contributed by atoms with Crippen LogP contribution in [0.2, 0.25) is 0 Å². The summed E-state index contributed by atoms with van der Waals surface area (Å²) in [6, 6.07) is 32.1. The summed E-state index contributed by atoms with van der Waals surface area (Å²) in [5.74, 6) is 0. The molecule has 0 unspecified atom stereocenters. The predicted molar refractivity (Wildman–Crippen MR) is 208 cm³/mol. The first-order valence-electron chi connectivity index (χ1n) is 21.5. The molecular weight excluding hydrogens is 593 g/mol. The molecule has 0 fully saturated rings. The summed E-state index contributed by atoms with van der Waals surface area (Å²) in [4.78, 5) is 0. The Morgan fingerprint density at radius 1 is 0.388 bits per heavy atom. The van der Waals surface area contributed by atoms with Crippen molar-refractivity contribution in [3.63, 3.8) is 0 Å². The molecule has 0 aliphatic heterocycles. The summed E-state index contributed by atoms with van der Waals surface area (Å²) in [5.41, 5.74) is 3.52. The lowest BCUT2D eigenvalue weighted by Gasteiger charge is -2.19. The Hall–Kier alpha value is -6.44. The highest BCUT2D eigenvalue weighted by atomic mass is 16.3. The summed E-state index contributed by atoms with van der Waals surface area (Å²) in [6.45, 7) is 0. The van der Waals surface area contributed by atoms with Crippen LogP contribution < -0.4 is 0 Å². The van der Waals surface area contributed by atoms with Crippen LogP contribution in [-0.4, -0.2) is 0 Å². The van der Waals surface area contributed by atoms with Gasteiger partial charge in [0.2, 0.25) is 0 Å². The van der Waals surface area contributed by atoms with E-state index in [9.17, 15) is 2.74 Å². The van der Waals surface area contributed by atoms with E-state index in [1.54, 1.807) is 24.3 Å². The number of hydrogen-bond donors (Lipinski definition) is 0. The van der Waals surface area contributed by atoms with Crippen molar-refractivity contribution in [1.82, 2.24) is 0 Å². The van der Waals surface area contributed by atoms with E-state index in [-0.39, 0.29) is 87.0 Å². The maximum absolute atomic E-state index is 9.57. The average Bonchev–Trinajstić information content (AvgIpc) is 3.67.